The predicted molar refractivity (Wildman–Crippen MR) is 126 cm³/mol. The molecule has 2 aliphatic heterocycles. The number of nitrogens with one attached hydrogen (secondary N) is 1. The lowest BCUT2D eigenvalue weighted by Crippen LogP contribution is -2.44. The van der Waals surface area contributed by atoms with Gasteiger partial charge in [-0.2, -0.15) is 13.2 Å². The van der Waals surface area contributed by atoms with Crippen LogP contribution in [0.4, 0.5) is 18.9 Å². The summed E-state index contributed by atoms with van der Waals surface area (Å²) in [4.78, 5) is 40.0. The molecule has 0 saturated carbocycles. The second-order valence-corrected chi connectivity index (χ2v) is 8.46. The fraction of sp³-hybridized carbons (Fsp3) is 0.458. The summed E-state index contributed by atoms with van der Waals surface area (Å²) >= 11 is 0. The van der Waals surface area contributed by atoms with Gasteiger partial charge in [0.2, 0.25) is 0 Å². The van der Waals surface area contributed by atoms with Crippen LogP contribution in [0.3, 0.4) is 0 Å². The Morgan fingerprint density at radius 2 is 1.72 bits per heavy atom. The van der Waals surface area contributed by atoms with Crippen molar-refractivity contribution in [1.82, 2.24) is 9.88 Å². The van der Waals surface area contributed by atoms with Crippen LogP contribution in [0.25, 0.3) is 11.3 Å². The zero-order chi connectivity index (χ0) is 26.5. The third kappa shape index (κ3) is 6.64. The maximum absolute atomic E-state index is 12.1. The van der Waals surface area contributed by atoms with Crippen LogP contribution in [0.5, 0.6) is 0 Å². The molecule has 1 aromatic heterocycles. The smallest absolute Gasteiger partial charge is 0.477 e. The van der Waals surface area contributed by atoms with Gasteiger partial charge in [-0.3, -0.25) is 9.69 Å². The van der Waals surface area contributed by atoms with E-state index in [0.717, 1.165) is 56.9 Å². The number of benzene rings is 1. The minimum absolute atomic E-state index is 0.214. The number of hydrogen-bond donors (Lipinski definition) is 3. The maximum Gasteiger partial charge on any atom is 0.490 e. The lowest BCUT2D eigenvalue weighted by atomic mass is 10.0. The lowest BCUT2D eigenvalue weighted by Gasteiger charge is -2.32. The number of halogens is 3. The molecule has 2 saturated heterocycles. The van der Waals surface area contributed by atoms with E-state index in [-0.39, 0.29) is 5.56 Å². The van der Waals surface area contributed by atoms with E-state index in [4.69, 9.17) is 14.6 Å². The fourth-order valence-electron chi connectivity index (χ4n) is 4.32. The SMILES string of the molecule is CCc1cc(C(=O)O)c(=O)[nH]c1-c1ccc(N2CCC(N3CCOCC3)C2)cc1.O=C(O)C(F)(F)F. The Bertz CT molecular complexity index is 1130. The van der Waals surface area contributed by atoms with Crippen molar-refractivity contribution in [2.75, 3.05) is 44.3 Å². The van der Waals surface area contributed by atoms with E-state index in [1.807, 2.05) is 19.1 Å². The first-order valence-corrected chi connectivity index (χ1v) is 11.5. The molecule has 2 aromatic rings. The highest BCUT2D eigenvalue weighted by Crippen LogP contribution is 2.28. The second kappa shape index (κ2) is 11.6. The largest absolute Gasteiger partial charge is 0.490 e. The van der Waals surface area contributed by atoms with Gasteiger partial charge in [0.25, 0.3) is 5.56 Å². The lowest BCUT2D eigenvalue weighted by molar-refractivity contribution is -0.192. The number of pyridine rings is 1. The Kier molecular flexibility index (Phi) is 8.75. The highest BCUT2D eigenvalue weighted by molar-refractivity contribution is 5.88. The highest BCUT2D eigenvalue weighted by Gasteiger charge is 2.38. The first-order valence-electron chi connectivity index (χ1n) is 11.5. The van der Waals surface area contributed by atoms with Crippen LogP contribution >= 0.6 is 0 Å². The number of hydrogen-bond acceptors (Lipinski definition) is 6. The summed E-state index contributed by atoms with van der Waals surface area (Å²) in [6.45, 7) is 7.67. The molecule has 3 N–H and O–H groups in total. The molecule has 0 amide bonds. The van der Waals surface area contributed by atoms with E-state index in [0.29, 0.717) is 18.2 Å². The quantitative estimate of drug-likeness (QED) is 0.560. The zero-order valence-electron chi connectivity index (χ0n) is 19.7. The number of morpholine rings is 1. The molecule has 9 nitrogen and oxygen atoms in total. The summed E-state index contributed by atoms with van der Waals surface area (Å²) < 4.78 is 37.2. The molecule has 2 fully saturated rings. The number of rotatable bonds is 5. The van der Waals surface area contributed by atoms with Crippen molar-refractivity contribution in [3.63, 3.8) is 0 Å². The Hall–Kier alpha value is -3.38. The number of aliphatic carboxylic acids is 1. The number of aromatic amines is 1. The van der Waals surface area contributed by atoms with E-state index in [1.165, 1.54) is 11.8 Å². The first kappa shape index (κ1) is 27.2. The molecule has 2 aliphatic rings. The third-order valence-electron chi connectivity index (χ3n) is 6.22. The number of aromatic nitrogens is 1. The minimum Gasteiger partial charge on any atom is -0.477 e. The van der Waals surface area contributed by atoms with Crippen molar-refractivity contribution in [2.24, 2.45) is 0 Å². The Labute approximate surface area is 205 Å². The van der Waals surface area contributed by atoms with Crippen molar-refractivity contribution in [3.8, 4) is 11.3 Å². The zero-order valence-corrected chi connectivity index (χ0v) is 19.7. The molecular formula is C24H28F3N3O6. The van der Waals surface area contributed by atoms with E-state index < -0.39 is 23.7 Å². The topological polar surface area (TPSA) is 123 Å². The molecule has 0 bridgehead atoms. The number of nitrogens with zero attached hydrogens (tertiary/aromatic N) is 2. The summed E-state index contributed by atoms with van der Waals surface area (Å²) in [5.41, 5.74) is 2.80. The molecular weight excluding hydrogens is 483 g/mol. The van der Waals surface area contributed by atoms with E-state index in [1.54, 1.807) is 0 Å². The number of carboxylic acids is 2. The van der Waals surface area contributed by atoms with Crippen molar-refractivity contribution >= 4 is 17.6 Å². The number of ether oxygens (including phenoxy) is 1. The van der Waals surface area contributed by atoms with Gasteiger partial charge >= 0.3 is 18.1 Å². The normalized spacial score (nSPS) is 18.4. The van der Waals surface area contributed by atoms with Crippen molar-refractivity contribution in [2.45, 2.75) is 32.0 Å². The summed E-state index contributed by atoms with van der Waals surface area (Å²) in [6, 6.07) is 10.2. The van der Waals surface area contributed by atoms with Crippen LogP contribution < -0.4 is 10.5 Å². The third-order valence-corrected chi connectivity index (χ3v) is 6.22. The number of anilines is 1. The molecule has 1 unspecified atom stereocenters. The van der Waals surface area contributed by atoms with Crippen LogP contribution in [-0.4, -0.2) is 83.6 Å². The van der Waals surface area contributed by atoms with Gasteiger partial charge in [0.1, 0.15) is 5.56 Å². The van der Waals surface area contributed by atoms with E-state index >= 15 is 0 Å². The van der Waals surface area contributed by atoms with Gasteiger partial charge in [0.15, 0.2) is 0 Å². The van der Waals surface area contributed by atoms with Crippen molar-refractivity contribution in [3.05, 3.63) is 51.8 Å². The van der Waals surface area contributed by atoms with Crippen LogP contribution in [-0.2, 0) is 16.0 Å². The number of carboxylic acid groups (broad SMARTS) is 2. The van der Waals surface area contributed by atoms with Crippen molar-refractivity contribution < 1.29 is 37.7 Å². The first-order chi connectivity index (χ1) is 17.0. The summed E-state index contributed by atoms with van der Waals surface area (Å²) in [5, 5.41) is 16.3. The minimum atomic E-state index is -5.08. The fourth-order valence-corrected chi connectivity index (χ4v) is 4.32. The van der Waals surface area contributed by atoms with Crippen LogP contribution in [0, 0.1) is 0 Å². The molecule has 1 atom stereocenters. The number of alkyl halides is 3. The summed E-state index contributed by atoms with van der Waals surface area (Å²) in [5.74, 6) is -3.96. The highest BCUT2D eigenvalue weighted by atomic mass is 19.4. The molecule has 4 rings (SSSR count). The standard InChI is InChI=1S/C22H27N3O4.C2HF3O2/c1-2-15-13-19(22(27)28)21(26)23-20(15)16-3-5-17(6-4-16)25-8-7-18(14-25)24-9-11-29-12-10-24;3-2(4,5)1(6)7/h3-6,13,18H,2,7-12,14H2,1H3,(H,23,26)(H,27,28);(H,6,7). The van der Waals surface area contributed by atoms with E-state index in [2.05, 4.69) is 26.9 Å². The molecule has 196 valence electrons. The monoisotopic (exact) mass is 511 g/mol. The number of carbonyl (C=O) groups is 2. The van der Waals surface area contributed by atoms with Crippen LogP contribution in [0.15, 0.2) is 35.1 Å². The Morgan fingerprint density at radius 3 is 2.25 bits per heavy atom. The number of aromatic carboxylic acids is 1. The molecule has 36 heavy (non-hydrogen) atoms. The van der Waals surface area contributed by atoms with Crippen LogP contribution in [0.2, 0.25) is 0 Å². The molecule has 0 aliphatic carbocycles. The summed E-state index contributed by atoms with van der Waals surface area (Å²) in [7, 11) is 0. The van der Waals surface area contributed by atoms with Crippen molar-refractivity contribution in [1.29, 1.82) is 0 Å². The van der Waals surface area contributed by atoms with Gasteiger partial charge in [0, 0.05) is 37.9 Å². The second-order valence-electron chi connectivity index (χ2n) is 8.46. The van der Waals surface area contributed by atoms with Gasteiger partial charge in [0.05, 0.1) is 18.9 Å². The molecule has 3 heterocycles. The van der Waals surface area contributed by atoms with Gasteiger partial charge in [-0.25, -0.2) is 9.59 Å². The molecule has 0 radical (unpaired) electrons. The molecule has 12 heteroatoms. The summed E-state index contributed by atoms with van der Waals surface area (Å²) in [6.07, 6.45) is -3.28. The average Bonchev–Trinajstić information content (AvgIpc) is 3.34. The number of H-pyrrole nitrogens is 1. The van der Waals surface area contributed by atoms with Gasteiger partial charge in [-0.15, -0.1) is 0 Å². The van der Waals surface area contributed by atoms with E-state index in [9.17, 15) is 27.9 Å². The maximum atomic E-state index is 12.1. The average molecular weight is 511 g/mol. The number of aryl methyl sites for hydroxylation is 1. The van der Waals surface area contributed by atoms with Crippen LogP contribution in [0.1, 0.15) is 29.3 Å². The van der Waals surface area contributed by atoms with Gasteiger partial charge < -0.3 is 24.8 Å². The molecule has 1 aromatic carbocycles. The van der Waals surface area contributed by atoms with Gasteiger partial charge in [-0.1, -0.05) is 19.1 Å². The predicted octanol–water partition coefficient (Wildman–Crippen LogP) is 2.85. The molecule has 0 spiro atoms. The Balaban J connectivity index is 0.000000454. The van der Waals surface area contributed by atoms with Gasteiger partial charge in [-0.05, 0) is 42.2 Å². The Morgan fingerprint density at radius 1 is 1.11 bits per heavy atom.